The SMILES string of the molecule is CO[P+](C)(O)c1ccccc1. The summed E-state index contributed by atoms with van der Waals surface area (Å²) in [5, 5.41) is 0.877. The van der Waals surface area contributed by atoms with Crippen molar-refractivity contribution in [2.75, 3.05) is 13.8 Å². The van der Waals surface area contributed by atoms with Crippen molar-refractivity contribution in [1.82, 2.24) is 0 Å². The Hall–Kier alpha value is -0.430. The zero-order chi connectivity index (χ0) is 8.32. The summed E-state index contributed by atoms with van der Waals surface area (Å²) in [6.45, 7) is 1.72. The Labute approximate surface area is 67.3 Å². The van der Waals surface area contributed by atoms with Gasteiger partial charge in [-0.1, -0.05) is 18.2 Å². The van der Waals surface area contributed by atoms with Crippen molar-refractivity contribution in [3.63, 3.8) is 0 Å². The zero-order valence-electron chi connectivity index (χ0n) is 6.69. The lowest BCUT2D eigenvalue weighted by Crippen LogP contribution is -2.09. The first kappa shape index (κ1) is 8.66. The van der Waals surface area contributed by atoms with Crippen LogP contribution in [-0.2, 0) is 4.52 Å². The first-order valence-corrected chi connectivity index (χ1v) is 5.48. The van der Waals surface area contributed by atoms with Gasteiger partial charge in [-0.15, -0.1) is 0 Å². The molecule has 1 atom stereocenters. The summed E-state index contributed by atoms with van der Waals surface area (Å²) in [6.07, 6.45) is 0. The van der Waals surface area contributed by atoms with Gasteiger partial charge < -0.3 is 0 Å². The van der Waals surface area contributed by atoms with Crippen LogP contribution < -0.4 is 5.30 Å². The van der Waals surface area contributed by atoms with Crippen molar-refractivity contribution in [3.05, 3.63) is 30.3 Å². The van der Waals surface area contributed by atoms with Crippen molar-refractivity contribution in [3.8, 4) is 0 Å². The molecular weight excluding hydrogens is 159 g/mol. The molecule has 0 saturated carbocycles. The van der Waals surface area contributed by atoms with E-state index >= 15 is 0 Å². The summed E-state index contributed by atoms with van der Waals surface area (Å²) in [7, 11) is -0.747. The van der Waals surface area contributed by atoms with Gasteiger partial charge in [-0.25, -0.2) is 9.42 Å². The number of benzene rings is 1. The molecule has 0 bridgehead atoms. The fourth-order valence-corrected chi connectivity index (χ4v) is 1.75. The highest BCUT2D eigenvalue weighted by molar-refractivity contribution is 7.72. The smallest absolute Gasteiger partial charge is 0.215 e. The predicted octanol–water partition coefficient (Wildman–Crippen LogP) is 1.43. The molecule has 1 N–H and O–H groups in total. The molecule has 60 valence electrons. The Morgan fingerprint density at radius 2 is 1.82 bits per heavy atom. The van der Waals surface area contributed by atoms with Gasteiger partial charge in [0.25, 0.3) is 7.72 Å². The van der Waals surface area contributed by atoms with Crippen LogP contribution in [0.5, 0.6) is 0 Å². The molecule has 3 heteroatoms. The normalized spacial score (nSPS) is 15.9. The van der Waals surface area contributed by atoms with Crippen LogP contribution >= 0.6 is 7.72 Å². The third kappa shape index (κ3) is 2.00. The molecule has 1 aromatic carbocycles. The quantitative estimate of drug-likeness (QED) is 0.682. The molecule has 0 aliphatic carbocycles. The molecule has 0 aliphatic rings. The van der Waals surface area contributed by atoms with Gasteiger partial charge in [-0.3, -0.25) is 0 Å². The number of hydrogen-bond acceptors (Lipinski definition) is 2. The van der Waals surface area contributed by atoms with E-state index in [1.165, 1.54) is 7.11 Å². The molecule has 1 unspecified atom stereocenters. The van der Waals surface area contributed by atoms with E-state index in [9.17, 15) is 4.89 Å². The van der Waals surface area contributed by atoms with Gasteiger partial charge in [0.15, 0.2) is 5.30 Å². The number of rotatable bonds is 2. The van der Waals surface area contributed by atoms with Crippen LogP contribution in [-0.4, -0.2) is 18.7 Å². The van der Waals surface area contributed by atoms with E-state index in [0.29, 0.717) is 0 Å². The maximum atomic E-state index is 9.68. The molecule has 0 amide bonds. The van der Waals surface area contributed by atoms with Crippen molar-refractivity contribution in [2.45, 2.75) is 0 Å². The maximum absolute atomic E-state index is 9.68. The highest BCUT2D eigenvalue weighted by Gasteiger charge is 2.31. The molecular formula is C8H12O2P+. The van der Waals surface area contributed by atoms with Gasteiger partial charge in [0.2, 0.25) is 0 Å². The molecule has 2 nitrogen and oxygen atoms in total. The Bertz CT molecular complexity index is 221. The lowest BCUT2D eigenvalue weighted by molar-refractivity contribution is 0.382. The van der Waals surface area contributed by atoms with Gasteiger partial charge in [-0.05, 0) is 12.1 Å². The van der Waals surface area contributed by atoms with Crippen LogP contribution in [0.2, 0.25) is 0 Å². The fourth-order valence-electron chi connectivity index (χ4n) is 0.810. The van der Waals surface area contributed by atoms with E-state index in [2.05, 4.69) is 0 Å². The van der Waals surface area contributed by atoms with E-state index in [-0.39, 0.29) is 0 Å². The Morgan fingerprint density at radius 3 is 2.27 bits per heavy atom. The van der Waals surface area contributed by atoms with Gasteiger partial charge >= 0.3 is 0 Å². The standard InChI is InChI=1S/C8H12O2P/c1-10-11(2,9)8-6-4-3-5-7-8/h3-7,9H,1-2H3/q+1. The third-order valence-electron chi connectivity index (χ3n) is 1.59. The van der Waals surface area contributed by atoms with Crippen LogP contribution in [0.15, 0.2) is 30.3 Å². The average molecular weight is 171 g/mol. The second-order valence-corrected chi connectivity index (χ2v) is 5.04. The van der Waals surface area contributed by atoms with E-state index in [4.69, 9.17) is 4.52 Å². The van der Waals surface area contributed by atoms with Crippen molar-refractivity contribution in [2.24, 2.45) is 0 Å². The topological polar surface area (TPSA) is 29.5 Å². The Balaban J connectivity index is 2.93. The van der Waals surface area contributed by atoms with E-state index in [1.54, 1.807) is 6.66 Å². The van der Waals surface area contributed by atoms with Gasteiger partial charge in [-0.2, -0.15) is 0 Å². The summed E-state index contributed by atoms with van der Waals surface area (Å²) in [5.41, 5.74) is 0. The predicted molar refractivity (Wildman–Crippen MR) is 48.1 cm³/mol. The van der Waals surface area contributed by atoms with Gasteiger partial charge in [0.1, 0.15) is 6.66 Å². The van der Waals surface area contributed by atoms with Crippen molar-refractivity contribution < 1.29 is 9.42 Å². The third-order valence-corrected chi connectivity index (χ3v) is 3.56. The summed E-state index contributed by atoms with van der Waals surface area (Å²) in [6, 6.07) is 9.44. The summed E-state index contributed by atoms with van der Waals surface area (Å²) in [5.74, 6) is 0. The molecule has 0 spiro atoms. The minimum atomic E-state index is -2.28. The van der Waals surface area contributed by atoms with Crippen molar-refractivity contribution in [1.29, 1.82) is 0 Å². The fraction of sp³-hybridized carbons (Fsp3) is 0.250. The van der Waals surface area contributed by atoms with Crippen LogP contribution in [0.1, 0.15) is 0 Å². The lowest BCUT2D eigenvalue weighted by Gasteiger charge is -2.09. The largest absolute Gasteiger partial charge is 0.300 e. The van der Waals surface area contributed by atoms with Gasteiger partial charge in [0, 0.05) is 0 Å². The van der Waals surface area contributed by atoms with Crippen molar-refractivity contribution >= 4 is 13.0 Å². The van der Waals surface area contributed by atoms with Gasteiger partial charge in [0.05, 0.1) is 7.11 Å². The average Bonchev–Trinajstić information content (AvgIpc) is 2.06. The zero-order valence-corrected chi connectivity index (χ0v) is 7.58. The molecule has 11 heavy (non-hydrogen) atoms. The minimum absolute atomic E-state index is 0.877. The first-order chi connectivity index (χ1) is 5.17. The molecule has 0 fully saturated rings. The molecule has 0 heterocycles. The summed E-state index contributed by atoms with van der Waals surface area (Å²) in [4.78, 5) is 9.68. The first-order valence-electron chi connectivity index (χ1n) is 3.37. The monoisotopic (exact) mass is 171 g/mol. The molecule has 0 radical (unpaired) electrons. The van der Waals surface area contributed by atoms with E-state index < -0.39 is 7.72 Å². The molecule has 1 rings (SSSR count). The van der Waals surface area contributed by atoms with Crippen LogP contribution in [0.25, 0.3) is 0 Å². The summed E-state index contributed by atoms with van der Waals surface area (Å²) < 4.78 is 4.99. The van der Waals surface area contributed by atoms with E-state index in [1.807, 2.05) is 30.3 Å². The molecule has 0 aromatic heterocycles. The highest BCUT2D eigenvalue weighted by atomic mass is 31.2. The highest BCUT2D eigenvalue weighted by Crippen LogP contribution is 2.48. The van der Waals surface area contributed by atoms with Crippen LogP contribution in [0.4, 0.5) is 0 Å². The lowest BCUT2D eigenvalue weighted by atomic mass is 10.4. The Morgan fingerprint density at radius 1 is 1.27 bits per heavy atom. The summed E-state index contributed by atoms with van der Waals surface area (Å²) >= 11 is 0. The van der Waals surface area contributed by atoms with E-state index in [0.717, 1.165) is 5.30 Å². The second kappa shape index (κ2) is 3.31. The number of hydrogen-bond donors (Lipinski definition) is 1. The second-order valence-electron chi connectivity index (χ2n) is 2.40. The minimum Gasteiger partial charge on any atom is -0.215 e. The maximum Gasteiger partial charge on any atom is 0.300 e. The molecule has 0 aliphatic heterocycles. The molecule has 0 saturated heterocycles. The van der Waals surface area contributed by atoms with Crippen LogP contribution in [0.3, 0.4) is 0 Å². The Kier molecular flexibility index (Phi) is 2.61. The van der Waals surface area contributed by atoms with Crippen LogP contribution in [0, 0.1) is 0 Å². The molecule has 1 aromatic rings.